The molecule has 4 heteroatoms. The van der Waals surface area contributed by atoms with Crippen LogP contribution in [0.3, 0.4) is 0 Å². The van der Waals surface area contributed by atoms with Crippen molar-refractivity contribution in [1.29, 1.82) is 0 Å². The zero-order valence-electron chi connectivity index (χ0n) is 24.2. The topological polar surface area (TPSA) is 30.7 Å². The maximum Gasteiger partial charge on any atom is 0.0937 e. The van der Waals surface area contributed by atoms with Gasteiger partial charge in [0.1, 0.15) is 0 Å². The van der Waals surface area contributed by atoms with Crippen LogP contribution < -0.4 is 0 Å². The summed E-state index contributed by atoms with van der Waals surface area (Å²) >= 11 is 1.86. The Bertz CT molecular complexity index is 2430. The van der Waals surface area contributed by atoms with Crippen molar-refractivity contribution in [3.8, 4) is 28.2 Å². The molecule has 0 bridgehead atoms. The van der Waals surface area contributed by atoms with Crippen LogP contribution in [0, 0.1) is 0 Å². The third kappa shape index (κ3) is 3.32. The first-order chi connectivity index (χ1) is 22.3. The molecule has 0 saturated heterocycles. The van der Waals surface area contributed by atoms with Crippen molar-refractivity contribution >= 4 is 33.6 Å². The van der Waals surface area contributed by atoms with E-state index in [0.717, 1.165) is 11.4 Å². The van der Waals surface area contributed by atoms with Crippen molar-refractivity contribution in [2.75, 3.05) is 0 Å². The molecule has 0 N–H and O–H groups in total. The number of para-hydroxylation sites is 2. The van der Waals surface area contributed by atoms with Crippen LogP contribution in [0.1, 0.15) is 22.3 Å². The highest BCUT2D eigenvalue weighted by Crippen LogP contribution is 2.61. The van der Waals surface area contributed by atoms with Crippen LogP contribution in [0.25, 0.3) is 50.0 Å². The van der Waals surface area contributed by atoms with E-state index in [-0.39, 0.29) is 0 Å². The van der Waals surface area contributed by atoms with Gasteiger partial charge in [-0.05, 0) is 88.0 Å². The Morgan fingerprint density at radius 2 is 1.09 bits per heavy atom. The van der Waals surface area contributed by atoms with Gasteiger partial charge in [-0.15, -0.1) is 0 Å². The number of aromatic nitrogens is 3. The molecule has 0 atom stereocenters. The largest absolute Gasteiger partial charge is 0.309 e. The van der Waals surface area contributed by atoms with Gasteiger partial charge in [0.2, 0.25) is 0 Å². The second-order valence-corrected chi connectivity index (χ2v) is 12.9. The molecule has 210 valence electrons. The fourth-order valence-corrected chi connectivity index (χ4v) is 8.98. The average Bonchev–Trinajstić information content (AvgIpc) is 3.59. The third-order valence-corrected chi connectivity index (χ3v) is 10.7. The van der Waals surface area contributed by atoms with Crippen molar-refractivity contribution in [3.63, 3.8) is 0 Å². The fraction of sp³-hybridized carbons (Fsp3) is 0.0244. The van der Waals surface area contributed by atoms with Crippen molar-refractivity contribution in [3.05, 3.63) is 174 Å². The van der Waals surface area contributed by atoms with Gasteiger partial charge in [0.25, 0.3) is 0 Å². The number of benzene rings is 5. The highest BCUT2D eigenvalue weighted by atomic mass is 32.2. The first kappa shape index (κ1) is 24.9. The number of hydrogen-bond donors (Lipinski definition) is 0. The van der Waals surface area contributed by atoms with E-state index in [4.69, 9.17) is 9.97 Å². The minimum Gasteiger partial charge on any atom is -0.309 e. The van der Waals surface area contributed by atoms with Crippen molar-refractivity contribution in [1.82, 2.24) is 14.5 Å². The zero-order chi connectivity index (χ0) is 29.5. The molecule has 4 heterocycles. The molecule has 0 radical (unpaired) electrons. The van der Waals surface area contributed by atoms with E-state index >= 15 is 0 Å². The molecule has 0 amide bonds. The van der Waals surface area contributed by atoms with Gasteiger partial charge in [0.15, 0.2) is 0 Å². The van der Waals surface area contributed by atoms with Gasteiger partial charge in [-0.1, -0.05) is 96.7 Å². The van der Waals surface area contributed by atoms with Crippen LogP contribution in [0.15, 0.2) is 162 Å². The first-order valence-electron chi connectivity index (χ1n) is 15.2. The lowest BCUT2D eigenvalue weighted by atomic mass is 9.67. The van der Waals surface area contributed by atoms with Gasteiger partial charge >= 0.3 is 0 Å². The summed E-state index contributed by atoms with van der Waals surface area (Å²) in [5.41, 5.74) is 12.5. The molecule has 1 spiro atoms. The number of pyridine rings is 2. The minimum atomic E-state index is -0.462. The van der Waals surface area contributed by atoms with Gasteiger partial charge in [-0.2, -0.15) is 0 Å². The summed E-state index contributed by atoms with van der Waals surface area (Å²) in [5.74, 6) is 0. The van der Waals surface area contributed by atoms with E-state index in [0.29, 0.717) is 0 Å². The molecule has 10 rings (SSSR count). The Kier molecular flexibility index (Phi) is 5.14. The SMILES string of the molecule is c1ccc(-n2c3ccccc3c3cc(-c4ccc5c(c4)Sc4ccccc4C54c5cccnc5-c5ncccc54)ccc32)cc1. The smallest absolute Gasteiger partial charge is 0.0937 e. The molecule has 5 aromatic carbocycles. The van der Waals surface area contributed by atoms with Gasteiger partial charge in [0, 0.05) is 38.6 Å². The van der Waals surface area contributed by atoms with Crippen molar-refractivity contribution in [2.24, 2.45) is 0 Å². The van der Waals surface area contributed by atoms with Crippen LogP contribution in [0.5, 0.6) is 0 Å². The Labute approximate surface area is 264 Å². The second-order valence-electron chi connectivity index (χ2n) is 11.8. The maximum atomic E-state index is 4.87. The molecule has 3 nitrogen and oxygen atoms in total. The van der Waals surface area contributed by atoms with Crippen LogP contribution in [0.2, 0.25) is 0 Å². The van der Waals surface area contributed by atoms with Gasteiger partial charge in [-0.25, -0.2) is 0 Å². The van der Waals surface area contributed by atoms with Gasteiger partial charge in [-0.3, -0.25) is 9.97 Å². The molecular weight excluding hydrogens is 567 g/mol. The lowest BCUT2D eigenvalue weighted by molar-refractivity contribution is 0.719. The van der Waals surface area contributed by atoms with Crippen LogP contribution in [0.4, 0.5) is 0 Å². The number of hydrogen-bond acceptors (Lipinski definition) is 3. The molecular formula is C41H25N3S. The number of fused-ring (bicyclic) bond motifs is 12. The number of nitrogens with zero attached hydrogens (tertiary/aromatic N) is 3. The monoisotopic (exact) mass is 591 g/mol. The highest BCUT2D eigenvalue weighted by Gasteiger charge is 2.51. The molecule has 3 aromatic heterocycles. The lowest BCUT2D eigenvalue weighted by Crippen LogP contribution is -2.32. The molecule has 0 fully saturated rings. The quantitative estimate of drug-likeness (QED) is 0.200. The van der Waals surface area contributed by atoms with Crippen LogP contribution in [-0.4, -0.2) is 14.5 Å². The van der Waals surface area contributed by atoms with E-state index in [2.05, 4.69) is 144 Å². The summed E-state index contributed by atoms with van der Waals surface area (Å²) < 4.78 is 2.37. The predicted molar refractivity (Wildman–Crippen MR) is 183 cm³/mol. The molecule has 45 heavy (non-hydrogen) atoms. The molecule has 0 saturated carbocycles. The van der Waals surface area contributed by atoms with Crippen LogP contribution in [-0.2, 0) is 5.41 Å². The molecule has 1 aliphatic heterocycles. The van der Waals surface area contributed by atoms with E-state index in [1.54, 1.807) is 0 Å². The van der Waals surface area contributed by atoms with Crippen molar-refractivity contribution < 1.29 is 0 Å². The average molecular weight is 592 g/mol. The molecule has 8 aromatic rings. The molecule has 0 unspecified atom stereocenters. The Morgan fingerprint density at radius 1 is 0.467 bits per heavy atom. The Balaban J connectivity index is 1.20. The van der Waals surface area contributed by atoms with E-state index < -0.39 is 5.41 Å². The van der Waals surface area contributed by atoms with E-state index in [9.17, 15) is 0 Å². The zero-order valence-corrected chi connectivity index (χ0v) is 25.0. The summed E-state index contributed by atoms with van der Waals surface area (Å²) in [4.78, 5) is 12.3. The summed E-state index contributed by atoms with van der Waals surface area (Å²) in [5, 5.41) is 2.52. The lowest BCUT2D eigenvalue weighted by Gasteiger charge is -2.39. The first-order valence-corrected chi connectivity index (χ1v) is 16.1. The van der Waals surface area contributed by atoms with E-state index in [1.807, 2.05) is 24.2 Å². The predicted octanol–water partition coefficient (Wildman–Crippen LogP) is 10.1. The summed E-state index contributed by atoms with van der Waals surface area (Å²) in [6.45, 7) is 0. The maximum absolute atomic E-state index is 4.87. The van der Waals surface area contributed by atoms with Gasteiger partial charge in [0.05, 0.1) is 27.8 Å². The number of rotatable bonds is 2. The van der Waals surface area contributed by atoms with Crippen molar-refractivity contribution in [2.45, 2.75) is 15.2 Å². The standard InChI is InChI=1S/C41H25N3S/c1-2-10-28(11-3-1)44-35-16-6-4-12-29(35)30-24-26(19-21-36(30)44)27-18-20-32-38(25-27)45-37-17-7-5-13-31(37)41(32)33-14-8-22-42-39(33)40-34(41)15-9-23-43-40/h1-25H. The summed E-state index contributed by atoms with van der Waals surface area (Å²) in [7, 11) is 0. The van der Waals surface area contributed by atoms with E-state index in [1.165, 1.54) is 70.7 Å². The van der Waals surface area contributed by atoms with Crippen LogP contribution >= 0.6 is 11.8 Å². The second kappa shape index (κ2) is 9.28. The molecule has 2 aliphatic rings. The summed E-state index contributed by atoms with van der Waals surface area (Å²) in [6.07, 6.45) is 3.77. The summed E-state index contributed by atoms with van der Waals surface area (Å²) in [6, 6.07) is 50.8. The van der Waals surface area contributed by atoms with Gasteiger partial charge < -0.3 is 4.57 Å². The third-order valence-electron chi connectivity index (χ3n) is 9.56. The Hall–Kier alpha value is -5.45. The molecule has 1 aliphatic carbocycles. The minimum absolute atomic E-state index is 0.462. The Morgan fingerprint density at radius 3 is 1.91 bits per heavy atom. The normalized spacial score (nSPS) is 13.9. The highest BCUT2D eigenvalue weighted by molar-refractivity contribution is 7.99. The fourth-order valence-electron chi connectivity index (χ4n) is 7.75.